The third-order valence-electron chi connectivity index (χ3n) is 3.76. The smallest absolute Gasteiger partial charge is 0.339 e. The molecule has 0 bridgehead atoms. The van der Waals surface area contributed by atoms with E-state index in [1.807, 2.05) is 0 Å². The van der Waals surface area contributed by atoms with Crippen molar-refractivity contribution in [2.24, 2.45) is 0 Å². The van der Waals surface area contributed by atoms with E-state index in [-0.39, 0.29) is 17.2 Å². The molecule has 8 heteroatoms. The molecule has 3 aromatic rings. The monoisotopic (exact) mass is 373 g/mol. The van der Waals surface area contributed by atoms with Crippen molar-refractivity contribution in [2.45, 2.75) is 0 Å². The van der Waals surface area contributed by atoms with Gasteiger partial charge in [-0.25, -0.2) is 14.8 Å². The number of nitrogens with one attached hydrogen (secondary N) is 2. The fourth-order valence-corrected chi connectivity index (χ4v) is 2.42. The van der Waals surface area contributed by atoms with Crippen molar-refractivity contribution in [1.29, 1.82) is 5.26 Å². The first-order valence-corrected chi connectivity index (χ1v) is 8.20. The second kappa shape index (κ2) is 8.42. The Bertz CT molecular complexity index is 1080. The largest absolute Gasteiger partial charge is 0.465 e. The molecule has 3 rings (SSSR count). The van der Waals surface area contributed by atoms with E-state index in [2.05, 4.69) is 26.7 Å². The average molecular weight is 373 g/mol. The number of nitrogens with zero attached hydrogens (tertiary/aromatic N) is 3. The Morgan fingerprint density at radius 3 is 2.50 bits per heavy atom. The number of anilines is 3. The van der Waals surface area contributed by atoms with E-state index in [0.29, 0.717) is 16.9 Å². The molecule has 1 heterocycles. The van der Waals surface area contributed by atoms with Gasteiger partial charge in [0.2, 0.25) is 5.95 Å². The lowest BCUT2D eigenvalue weighted by Crippen LogP contribution is -2.17. The van der Waals surface area contributed by atoms with Gasteiger partial charge in [-0.3, -0.25) is 4.79 Å². The van der Waals surface area contributed by atoms with Crippen LogP contribution in [0.1, 0.15) is 26.4 Å². The van der Waals surface area contributed by atoms with Gasteiger partial charge in [0.1, 0.15) is 11.8 Å². The highest BCUT2D eigenvalue weighted by atomic mass is 16.5. The van der Waals surface area contributed by atoms with Crippen molar-refractivity contribution in [2.75, 3.05) is 17.7 Å². The van der Waals surface area contributed by atoms with Crippen molar-refractivity contribution >= 4 is 29.2 Å². The summed E-state index contributed by atoms with van der Waals surface area (Å²) in [6, 6.07) is 16.9. The SMILES string of the molecule is COC(=O)c1ccccc1NC(=O)c1ccnc(Nc2ccccc2C#N)n1. The number of ether oxygens (including phenoxy) is 1. The van der Waals surface area contributed by atoms with Crippen LogP contribution < -0.4 is 10.6 Å². The minimum absolute atomic E-state index is 0.0895. The van der Waals surface area contributed by atoms with Crippen molar-refractivity contribution in [3.05, 3.63) is 77.6 Å². The van der Waals surface area contributed by atoms with Crippen LogP contribution in [0.3, 0.4) is 0 Å². The molecule has 0 radical (unpaired) electrons. The van der Waals surface area contributed by atoms with Gasteiger partial charge in [0, 0.05) is 6.20 Å². The minimum Gasteiger partial charge on any atom is -0.465 e. The second-order valence-electron chi connectivity index (χ2n) is 5.54. The molecule has 0 aliphatic carbocycles. The zero-order chi connectivity index (χ0) is 19.9. The van der Waals surface area contributed by atoms with Crippen LogP contribution in [0, 0.1) is 11.3 Å². The van der Waals surface area contributed by atoms with Crippen molar-refractivity contribution in [3.63, 3.8) is 0 Å². The summed E-state index contributed by atoms with van der Waals surface area (Å²) < 4.78 is 4.72. The molecule has 0 unspecified atom stereocenters. The fraction of sp³-hybridized carbons (Fsp3) is 0.0500. The Balaban J connectivity index is 1.82. The number of methoxy groups -OCH3 is 1. The van der Waals surface area contributed by atoms with Crippen LogP contribution in [-0.2, 0) is 4.74 Å². The highest BCUT2D eigenvalue weighted by molar-refractivity contribution is 6.07. The number of carbonyl (C=O) groups is 2. The molecule has 0 fully saturated rings. The molecule has 1 amide bonds. The summed E-state index contributed by atoms with van der Waals surface area (Å²) in [7, 11) is 1.27. The molecular weight excluding hydrogens is 358 g/mol. The fourth-order valence-electron chi connectivity index (χ4n) is 2.42. The number of amides is 1. The molecule has 0 saturated carbocycles. The molecule has 138 valence electrons. The van der Waals surface area contributed by atoms with Crippen LogP contribution in [0.15, 0.2) is 60.8 Å². The standard InChI is InChI=1S/C20H15N5O3/c1-28-19(27)14-7-3-5-9-16(14)23-18(26)17-10-11-22-20(25-17)24-15-8-4-2-6-13(15)12-21/h2-11H,1H3,(H,23,26)(H,22,24,25). The van der Waals surface area contributed by atoms with E-state index in [1.165, 1.54) is 19.4 Å². The van der Waals surface area contributed by atoms with E-state index in [9.17, 15) is 9.59 Å². The molecular formula is C20H15N5O3. The number of para-hydroxylation sites is 2. The van der Waals surface area contributed by atoms with Crippen molar-refractivity contribution in [3.8, 4) is 6.07 Å². The number of nitriles is 1. The maximum atomic E-state index is 12.6. The summed E-state index contributed by atoms with van der Waals surface area (Å²) in [6.45, 7) is 0. The molecule has 28 heavy (non-hydrogen) atoms. The van der Waals surface area contributed by atoms with Gasteiger partial charge in [-0.2, -0.15) is 5.26 Å². The highest BCUT2D eigenvalue weighted by Gasteiger charge is 2.15. The Hall–Kier alpha value is -4.25. The van der Waals surface area contributed by atoms with Gasteiger partial charge in [0.05, 0.1) is 29.6 Å². The molecule has 2 N–H and O–H groups in total. The Labute approximate surface area is 160 Å². The van der Waals surface area contributed by atoms with Crippen LogP contribution in [0.5, 0.6) is 0 Å². The number of rotatable bonds is 5. The topological polar surface area (TPSA) is 117 Å². The Morgan fingerprint density at radius 1 is 1.04 bits per heavy atom. The number of hydrogen-bond acceptors (Lipinski definition) is 7. The number of benzene rings is 2. The van der Waals surface area contributed by atoms with Gasteiger partial charge in [-0.1, -0.05) is 24.3 Å². The lowest BCUT2D eigenvalue weighted by Gasteiger charge is -2.10. The van der Waals surface area contributed by atoms with Crippen LogP contribution in [0.25, 0.3) is 0 Å². The number of aromatic nitrogens is 2. The minimum atomic E-state index is -0.561. The van der Waals surface area contributed by atoms with E-state index < -0.39 is 11.9 Å². The Kier molecular flexibility index (Phi) is 5.58. The zero-order valence-corrected chi connectivity index (χ0v) is 14.8. The molecule has 0 aliphatic rings. The van der Waals surface area contributed by atoms with Gasteiger partial charge >= 0.3 is 5.97 Å². The molecule has 1 aromatic heterocycles. The maximum absolute atomic E-state index is 12.6. The summed E-state index contributed by atoms with van der Waals surface area (Å²) in [6.07, 6.45) is 1.42. The number of esters is 1. The average Bonchev–Trinajstić information content (AvgIpc) is 2.74. The third-order valence-corrected chi connectivity index (χ3v) is 3.76. The first kappa shape index (κ1) is 18.5. The van der Waals surface area contributed by atoms with Crippen LogP contribution in [0.2, 0.25) is 0 Å². The summed E-state index contributed by atoms with van der Waals surface area (Å²) in [5, 5.41) is 14.7. The van der Waals surface area contributed by atoms with Crippen LogP contribution in [0.4, 0.5) is 17.3 Å². The summed E-state index contributed by atoms with van der Waals surface area (Å²) in [5.74, 6) is -0.916. The Morgan fingerprint density at radius 2 is 1.75 bits per heavy atom. The van der Waals surface area contributed by atoms with Gasteiger partial charge in [0.15, 0.2) is 0 Å². The van der Waals surface area contributed by atoms with E-state index in [1.54, 1.807) is 48.5 Å². The molecule has 0 aliphatic heterocycles. The summed E-state index contributed by atoms with van der Waals surface area (Å²) in [4.78, 5) is 32.7. The zero-order valence-electron chi connectivity index (χ0n) is 14.8. The maximum Gasteiger partial charge on any atom is 0.339 e. The summed E-state index contributed by atoms with van der Waals surface area (Å²) in [5.41, 5.74) is 1.58. The molecule has 2 aromatic carbocycles. The normalized spacial score (nSPS) is 9.86. The number of hydrogen-bond donors (Lipinski definition) is 2. The molecule has 0 spiro atoms. The van der Waals surface area contributed by atoms with Gasteiger partial charge in [-0.15, -0.1) is 0 Å². The van der Waals surface area contributed by atoms with Gasteiger partial charge in [0.25, 0.3) is 5.91 Å². The highest BCUT2D eigenvalue weighted by Crippen LogP contribution is 2.19. The first-order chi connectivity index (χ1) is 13.6. The molecule has 0 saturated heterocycles. The first-order valence-electron chi connectivity index (χ1n) is 8.20. The predicted molar refractivity (Wildman–Crippen MR) is 102 cm³/mol. The van der Waals surface area contributed by atoms with E-state index in [0.717, 1.165) is 0 Å². The van der Waals surface area contributed by atoms with E-state index >= 15 is 0 Å². The number of carbonyl (C=O) groups excluding carboxylic acids is 2. The van der Waals surface area contributed by atoms with Gasteiger partial charge in [-0.05, 0) is 30.3 Å². The van der Waals surface area contributed by atoms with Crippen molar-refractivity contribution in [1.82, 2.24) is 9.97 Å². The second-order valence-corrected chi connectivity index (χ2v) is 5.54. The van der Waals surface area contributed by atoms with Crippen LogP contribution in [-0.4, -0.2) is 29.0 Å². The van der Waals surface area contributed by atoms with Crippen LogP contribution >= 0.6 is 0 Å². The molecule has 8 nitrogen and oxygen atoms in total. The quantitative estimate of drug-likeness (QED) is 0.660. The predicted octanol–water partition coefficient (Wildman–Crippen LogP) is 3.13. The van der Waals surface area contributed by atoms with E-state index in [4.69, 9.17) is 10.00 Å². The summed E-state index contributed by atoms with van der Waals surface area (Å²) >= 11 is 0. The molecule has 0 atom stereocenters. The van der Waals surface area contributed by atoms with Crippen molar-refractivity contribution < 1.29 is 14.3 Å². The lowest BCUT2D eigenvalue weighted by molar-refractivity contribution is 0.0602. The van der Waals surface area contributed by atoms with Gasteiger partial charge < -0.3 is 15.4 Å². The lowest BCUT2D eigenvalue weighted by atomic mass is 10.1. The third kappa shape index (κ3) is 4.11.